The number of unbranched alkanes of at least 4 members (excludes halogenated alkanes) is 3. The Labute approximate surface area is 358 Å². The summed E-state index contributed by atoms with van der Waals surface area (Å²) in [5, 5.41) is 9.38. The number of hydrogen-bond donors (Lipinski definition) is 3. The van der Waals surface area contributed by atoms with Crippen LogP contribution in [0.15, 0.2) is 72.9 Å². The lowest BCUT2D eigenvalue weighted by molar-refractivity contribution is -0.138. The molecule has 1 atom stereocenters. The van der Waals surface area contributed by atoms with Gasteiger partial charge in [0.2, 0.25) is 23.6 Å². The number of nitrogens with zero attached hydrogens (tertiary/aromatic N) is 4. The number of benzene rings is 3. The van der Waals surface area contributed by atoms with E-state index >= 15 is 0 Å². The fraction of sp³-hybridized carbons (Fsp3) is 0.468. The summed E-state index contributed by atoms with van der Waals surface area (Å²) in [5.41, 5.74) is 1.19. The molecule has 3 aromatic carbocycles. The Kier molecular flexibility index (Phi) is 14.5. The summed E-state index contributed by atoms with van der Waals surface area (Å²) in [7, 11) is 3.43. The van der Waals surface area contributed by atoms with Crippen molar-refractivity contribution in [3.63, 3.8) is 0 Å². The number of amides is 4. The summed E-state index contributed by atoms with van der Waals surface area (Å²) in [6.07, 6.45) is 6.88. The van der Waals surface area contributed by atoms with Crippen molar-refractivity contribution >= 4 is 51.6 Å². The summed E-state index contributed by atoms with van der Waals surface area (Å²) in [6, 6.07) is 17.7. The molecule has 4 aromatic rings. The van der Waals surface area contributed by atoms with Gasteiger partial charge in [-0.3, -0.25) is 29.1 Å². The molecule has 1 saturated heterocycles. The van der Waals surface area contributed by atoms with Crippen molar-refractivity contribution in [2.45, 2.75) is 78.7 Å². The van der Waals surface area contributed by atoms with Gasteiger partial charge in [-0.25, -0.2) is 4.39 Å². The third-order valence-electron chi connectivity index (χ3n) is 11.7. The predicted octanol–water partition coefficient (Wildman–Crippen LogP) is 7.61. The zero-order chi connectivity index (χ0) is 43.7. The maximum atomic E-state index is 13.3. The fourth-order valence-electron chi connectivity index (χ4n) is 7.53. The van der Waals surface area contributed by atoms with Crippen molar-refractivity contribution in [3.05, 3.63) is 78.7 Å². The molecule has 6 rings (SSSR count). The van der Waals surface area contributed by atoms with Gasteiger partial charge in [0.1, 0.15) is 34.5 Å². The predicted molar refractivity (Wildman–Crippen MR) is 237 cm³/mol. The molecule has 13 nitrogen and oxygen atoms in total. The number of pyridine rings is 1. The first-order valence-corrected chi connectivity index (χ1v) is 21.4. The number of likely N-dealkylation sites (N-methyl/N-ethyl adjacent to an activating group) is 1. The maximum Gasteiger partial charge on any atom is 0.245 e. The average molecular weight is 838 g/mol. The van der Waals surface area contributed by atoms with E-state index in [9.17, 15) is 23.6 Å². The summed E-state index contributed by atoms with van der Waals surface area (Å²) in [5.74, 6) is 0.567. The number of ether oxygens (including phenoxy) is 2. The highest BCUT2D eigenvalue weighted by atomic mass is 19.1. The van der Waals surface area contributed by atoms with E-state index in [0.717, 1.165) is 80.7 Å². The van der Waals surface area contributed by atoms with Gasteiger partial charge in [0.05, 0.1) is 18.3 Å². The van der Waals surface area contributed by atoms with Crippen LogP contribution in [0.1, 0.15) is 72.6 Å². The van der Waals surface area contributed by atoms with Crippen LogP contribution in [0.25, 0.3) is 10.9 Å². The zero-order valence-electron chi connectivity index (χ0n) is 36.3. The first-order valence-electron chi connectivity index (χ1n) is 21.4. The van der Waals surface area contributed by atoms with Crippen LogP contribution >= 0.6 is 0 Å². The maximum absolute atomic E-state index is 13.3. The van der Waals surface area contributed by atoms with Crippen LogP contribution in [0.3, 0.4) is 0 Å². The van der Waals surface area contributed by atoms with Crippen LogP contribution in [0.4, 0.5) is 21.5 Å². The molecular weight excluding hydrogens is 778 g/mol. The first kappa shape index (κ1) is 44.8. The van der Waals surface area contributed by atoms with Gasteiger partial charge in [0, 0.05) is 69.2 Å². The molecule has 1 saturated carbocycles. The number of carbonyl (C=O) groups is 4. The highest BCUT2D eigenvalue weighted by Gasteiger charge is 2.56. The summed E-state index contributed by atoms with van der Waals surface area (Å²) < 4.78 is 25.5. The minimum atomic E-state index is -1.16. The second-order valence-electron chi connectivity index (χ2n) is 17.2. The standard InChI is InChI=1S/C47H60FN7O6/c1-7-53(5)43(57)42(46(2,3)4)52-41(56)12-10-8-9-11-25-54-26-28-55(29-27-54)38-31-37-36(30-40(38)60-6)39(21-24-49-37)61-35-19-17-34(18-20-35)51-45(59)47(22-23-47)44(58)50-33-15-13-32(48)14-16-33/h13-21,24,30-31,42H,7-12,22-23,25-29H2,1-6H3,(H,50,58)(H,51,59)(H,52,56)/t42-/m1/s1. The molecule has 1 aromatic heterocycles. The van der Waals surface area contributed by atoms with Crippen LogP contribution in [0.2, 0.25) is 0 Å². The highest BCUT2D eigenvalue weighted by molar-refractivity contribution is 6.17. The average Bonchev–Trinajstić information content (AvgIpc) is 4.07. The molecule has 14 heteroatoms. The van der Waals surface area contributed by atoms with Crippen LogP contribution in [0.5, 0.6) is 17.2 Å². The molecule has 3 N–H and O–H groups in total. The monoisotopic (exact) mass is 837 g/mol. The lowest BCUT2D eigenvalue weighted by Crippen LogP contribution is -2.53. The van der Waals surface area contributed by atoms with Crippen molar-refractivity contribution in [2.24, 2.45) is 10.8 Å². The lowest BCUT2D eigenvalue weighted by Gasteiger charge is -2.36. The van der Waals surface area contributed by atoms with E-state index in [-0.39, 0.29) is 17.2 Å². The molecule has 1 aliphatic carbocycles. The Morgan fingerprint density at radius 2 is 1.48 bits per heavy atom. The molecule has 2 heterocycles. The Bertz CT molecular complexity index is 2160. The van der Waals surface area contributed by atoms with E-state index in [4.69, 9.17) is 9.47 Å². The van der Waals surface area contributed by atoms with E-state index < -0.39 is 29.1 Å². The topological polar surface area (TPSA) is 145 Å². The van der Waals surface area contributed by atoms with Crippen LogP contribution in [0, 0.1) is 16.6 Å². The van der Waals surface area contributed by atoms with E-state index in [1.54, 1.807) is 55.6 Å². The van der Waals surface area contributed by atoms with Crippen LogP contribution < -0.4 is 30.3 Å². The van der Waals surface area contributed by atoms with Gasteiger partial charge < -0.3 is 35.2 Å². The number of fused-ring (bicyclic) bond motifs is 1. The Hall–Kier alpha value is -5.76. The number of nitrogens with one attached hydrogen (secondary N) is 3. The highest BCUT2D eigenvalue weighted by Crippen LogP contribution is 2.47. The Morgan fingerprint density at radius 1 is 0.852 bits per heavy atom. The van der Waals surface area contributed by atoms with Gasteiger partial charge >= 0.3 is 0 Å². The molecule has 2 aliphatic rings. The number of hydrogen-bond acceptors (Lipinski definition) is 9. The minimum absolute atomic E-state index is 0.0520. The van der Waals surface area contributed by atoms with Gasteiger partial charge in [-0.2, -0.15) is 0 Å². The molecular formula is C47H60FN7O6. The molecule has 4 amide bonds. The smallest absolute Gasteiger partial charge is 0.245 e. The molecule has 0 radical (unpaired) electrons. The molecule has 2 fully saturated rings. The van der Waals surface area contributed by atoms with Gasteiger partial charge in [-0.1, -0.05) is 33.6 Å². The van der Waals surface area contributed by atoms with Crippen molar-refractivity contribution in [3.8, 4) is 17.2 Å². The van der Waals surface area contributed by atoms with Crippen molar-refractivity contribution in [1.29, 1.82) is 0 Å². The number of methoxy groups -OCH3 is 1. The van der Waals surface area contributed by atoms with Gasteiger partial charge in [-0.15, -0.1) is 0 Å². The fourth-order valence-corrected chi connectivity index (χ4v) is 7.53. The Morgan fingerprint density at radius 3 is 2.07 bits per heavy atom. The van der Waals surface area contributed by atoms with E-state index in [0.29, 0.717) is 48.7 Å². The largest absolute Gasteiger partial charge is 0.495 e. The van der Waals surface area contributed by atoms with E-state index in [2.05, 4.69) is 30.7 Å². The van der Waals surface area contributed by atoms with Gasteiger partial charge in [0.25, 0.3) is 0 Å². The molecule has 326 valence electrons. The SMILES string of the molecule is CCN(C)C(=O)[C@@H](NC(=O)CCCCCCN1CCN(c2cc3nccc(Oc4ccc(NC(=O)C5(C(=O)Nc6ccc(F)cc6)CC5)cc4)c3cc2OC)CC1)C(C)(C)C. The zero-order valence-corrected chi connectivity index (χ0v) is 36.3. The molecule has 61 heavy (non-hydrogen) atoms. The number of rotatable bonds is 18. The number of anilines is 3. The quantitative estimate of drug-likeness (QED) is 0.0681. The van der Waals surface area contributed by atoms with E-state index in [1.807, 2.05) is 39.8 Å². The number of aromatic nitrogens is 1. The number of halogens is 1. The Balaban J connectivity index is 0.959. The van der Waals surface area contributed by atoms with Crippen molar-refractivity contribution in [2.75, 3.05) is 69.0 Å². The van der Waals surface area contributed by atoms with Crippen molar-refractivity contribution in [1.82, 2.24) is 20.1 Å². The second-order valence-corrected chi connectivity index (χ2v) is 17.2. The van der Waals surface area contributed by atoms with Crippen LogP contribution in [-0.4, -0.2) is 97.9 Å². The van der Waals surface area contributed by atoms with Crippen LogP contribution in [-0.2, 0) is 19.2 Å². The first-order chi connectivity index (χ1) is 29.2. The number of piperazine rings is 1. The summed E-state index contributed by atoms with van der Waals surface area (Å²) in [6.45, 7) is 13.0. The molecule has 0 spiro atoms. The van der Waals surface area contributed by atoms with E-state index in [1.165, 1.54) is 24.3 Å². The molecule has 1 aliphatic heterocycles. The lowest BCUT2D eigenvalue weighted by atomic mass is 9.85. The third-order valence-corrected chi connectivity index (χ3v) is 11.7. The summed E-state index contributed by atoms with van der Waals surface area (Å²) >= 11 is 0. The third kappa shape index (κ3) is 11.3. The molecule has 0 unspecified atom stereocenters. The minimum Gasteiger partial charge on any atom is -0.495 e. The van der Waals surface area contributed by atoms with Crippen molar-refractivity contribution < 1.29 is 33.0 Å². The van der Waals surface area contributed by atoms with Gasteiger partial charge in [0.15, 0.2) is 0 Å². The number of carbonyl (C=O) groups excluding carboxylic acids is 4. The summed E-state index contributed by atoms with van der Waals surface area (Å²) in [4.78, 5) is 62.9. The normalized spacial score (nSPS) is 15.4. The molecule has 0 bridgehead atoms. The van der Waals surface area contributed by atoms with Gasteiger partial charge in [-0.05, 0) is 111 Å². The second kappa shape index (κ2) is 19.7.